The van der Waals surface area contributed by atoms with E-state index >= 15 is 0 Å². The van der Waals surface area contributed by atoms with Crippen LogP contribution in [0.1, 0.15) is 105 Å². The van der Waals surface area contributed by atoms with E-state index in [1.54, 1.807) is 0 Å². The highest BCUT2D eigenvalue weighted by atomic mass is 16.4. The number of unbranched alkanes of at least 4 members (excludes halogenated alkanes) is 4. The molecule has 152 valence electrons. The Morgan fingerprint density at radius 1 is 0.615 bits per heavy atom. The van der Waals surface area contributed by atoms with Crippen molar-refractivity contribution in [1.29, 1.82) is 0 Å². The fourth-order valence-corrected chi connectivity index (χ4v) is 3.33. The number of rotatable bonds is 16. The van der Waals surface area contributed by atoms with Gasteiger partial charge in [0.25, 0.3) is 0 Å². The van der Waals surface area contributed by atoms with Crippen molar-refractivity contribution in [2.75, 3.05) is 0 Å². The lowest BCUT2D eigenvalue weighted by Crippen LogP contribution is -2.16. The number of aliphatic carboxylic acids is 2. The second kappa shape index (κ2) is 12.1. The first kappa shape index (κ1) is 24.6. The van der Waals surface area contributed by atoms with Crippen molar-refractivity contribution in [1.82, 2.24) is 0 Å². The van der Waals surface area contributed by atoms with Gasteiger partial charge in [0.2, 0.25) is 0 Å². The third kappa shape index (κ3) is 14.9. The Kier molecular flexibility index (Phi) is 11.4. The largest absolute Gasteiger partial charge is 0.481 e. The molecular weight excluding hydrogens is 332 g/mol. The molecule has 0 saturated heterocycles. The van der Waals surface area contributed by atoms with Gasteiger partial charge in [0.05, 0.1) is 12.8 Å². The van der Waals surface area contributed by atoms with Crippen LogP contribution in [0.4, 0.5) is 0 Å². The van der Waals surface area contributed by atoms with Crippen LogP contribution in [0, 0.1) is 10.8 Å². The van der Waals surface area contributed by atoms with E-state index in [9.17, 15) is 14.4 Å². The molecule has 0 aromatic rings. The first-order valence-electron chi connectivity index (χ1n) is 9.89. The fourth-order valence-electron chi connectivity index (χ4n) is 3.33. The molecule has 0 aliphatic heterocycles. The fraction of sp³-hybridized carbons (Fsp3) is 0.857. The minimum Gasteiger partial charge on any atom is -0.481 e. The number of carboxylic acid groups (broad SMARTS) is 2. The van der Waals surface area contributed by atoms with Gasteiger partial charge in [0, 0.05) is 12.8 Å². The summed E-state index contributed by atoms with van der Waals surface area (Å²) in [5.41, 5.74) is -0.353. The molecule has 0 amide bonds. The molecule has 0 bridgehead atoms. The number of ketones is 1. The standard InChI is InChI=1S/C21H38O5/c1-20(2,15-18(23)24)13-9-5-7-11-17(22)12-8-6-10-14-21(3,4)16-19(25)26/h5-16H2,1-4H3,(H,23,24)(H,25,26). The average Bonchev–Trinajstić information content (AvgIpc) is 2.43. The second-order valence-electron chi connectivity index (χ2n) is 9.13. The summed E-state index contributed by atoms with van der Waals surface area (Å²) in [6.07, 6.45) is 8.99. The number of Topliss-reactive ketones (excluding diaryl/α,β-unsaturated/α-hetero) is 1. The van der Waals surface area contributed by atoms with Gasteiger partial charge in [-0.1, -0.05) is 53.4 Å². The molecule has 0 heterocycles. The van der Waals surface area contributed by atoms with Crippen LogP contribution in [-0.2, 0) is 14.4 Å². The van der Waals surface area contributed by atoms with Crippen LogP contribution in [0.15, 0.2) is 0 Å². The highest BCUT2D eigenvalue weighted by Crippen LogP contribution is 2.29. The summed E-state index contributed by atoms with van der Waals surface area (Å²) in [4.78, 5) is 33.4. The zero-order chi connectivity index (χ0) is 20.2. The molecule has 0 unspecified atom stereocenters. The summed E-state index contributed by atoms with van der Waals surface area (Å²) >= 11 is 0. The van der Waals surface area contributed by atoms with Crippen molar-refractivity contribution >= 4 is 17.7 Å². The second-order valence-corrected chi connectivity index (χ2v) is 9.13. The SMILES string of the molecule is CC(C)(CCCCCC(=O)CCCCCC(C)(C)CC(=O)O)CC(=O)O. The molecule has 0 radical (unpaired) electrons. The van der Waals surface area contributed by atoms with Gasteiger partial charge in [-0.15, -0.1) is 0 Å². The van der Waals surface area contributed by atoms with E-state index in [4.69, 9.17) is 10.2 Å². The Hall–Kier alpha value is -1.39. The van der Waals surface area contributed by atoms with Crippen molar-refractivity contribution in [3.05, 3.63) is 0 Å². The Morgan fingerprint density at radius 3 is 1.27 bits per heavy atom. The smallest absolute Gasteiger partial charge is 0.303 e. The van der Waals surface area contributed by atoms with Gasteiger partial charge in [-0.05, 0) is 36.5 Å². The van der Waals surface area contributed by atoms with Gasteiger partial charge in [-0.3, -0.25) is 14.4 Å². The summed E-state index contributed by atoms with van der Waals surface area (Å²) in [7, 11) is 0. The molecule has 0 spiro atoms. The maximum absolute atomic E-state index is 11.9. The van der Waals surface area contributed by atoms with Crippen LogP contribution < -0.4 is 0 Å². The van der Waals surface area contributed by atoms with E-state index in [1.807, 2.05) is 27.7 Å². The lowest BCUT2D eigenvalue weighted by atomic mass is 9.83. The summed E-state index contributed by atoms with van der Waals surface area (Å²) in [6, 6.07) is 0. The van der Waals surface area contributed by atoms with Gasteiger partial charge in [0.15, 0.2) is 0 Å². The predicted molar refractivity (Wildman–Crippen MR) is 103 cm³/mol. The van der Waals surface area contributed by atoms with Gasteiger partial charge < -0.3 is 10.2 Å². The Bertz CT molecular complexity index is 411. The number of carboxylic acids is 2. The number of carbonyl (C=O) groups excluding carboxylic acids is 1. The lowest BCUT2D eigenvalue weighted by molar-refractivity contribution is -0.140. The normalized spacial score (nSPS) is 12.2. The molecule has 0 aromatic carbocycles. The molecule has 0 saturated carbocycles. The summed E-state index contributed by atoms with van der Waals surface area (Å²) < 4.78 is 0. The van der Waals surface area contributed by atoms with Crippen LogP contribution in [0.2, 0.25) is 0 Å². The topological polar surface area (TPSA) is 91.7 Å². The zero-order valence-electron chi connectivity index (χ0n) is 17.1. The maximum atomic E-state index is 11.9. The maximum Gasteiger partial charge on any atom is 0.303 e. The molecule has 0 fully saturated rings. The van der Waals surface area contributed by atoms with Gasteiger partial charge in [-0.2, -0.15) is 0 Å². The molecule has 26 heavy (non-hydrogen) atoms. The van der Waals surface area contributed by atoms with Gasteiger partial charge in [0.1, 0.15) is 5.78 Å². The van der Waals surface area contributed by atoms with E-state index in [-0.39, 0.29) is 23.7 Å². The molecule has 5 heteroatoms. The van der Waals surface area contributed by atoms with E-state index in [2.05, 4.69) is 0 Å². The molecular formula is C21H38O5. The molecule has 0 atom stereocenters. The lowest BCUT2D eigenvalue weighted by Gasteiger charge is -2.22. The van der Waals surface area contributed by atoms with Crippen LogP contribution in [0.5, 0.6) is 0 Å². The molecule has 0 aliphatic rings. The Balaban J connectivity index is 3.67. The quantitative estimate of drug-likeness (QED) is 0.352. The molecule has 2 N–H and O–H groups in total. The summed E-state index contributed by atoms with van der Waals surface area (Å²) in [6.45, 7) is 7.90. The van der Waals surface area contributed by atoms with Crippen molar-refractivity contribution in [2.24, 2.45) is 10.8 Å². The van der Waals surface area contributed by atoms with Crippen molar-refractivity contribution in [2.45, 2.75) is 105 Å². The van der Waals surface area contributed by atoms with E-state index < -0.39 is 11.9 Å². The van der Waals surface area contributed by atoms with Crippen molar-refractivity contribution < 1.29 is 24.6 Å². The minimum absolute atomic E-state index is 0.176. The van der Waals surface area contributed by atoms with E-state index in [0.29, 0.717) is 18.6 Å². The Morgan fingerprint density at radius 2 is 0.962 bits per heavy atom. The van der Waals surface area contributed by atoms with Crippen molar-refractivity contribution in [3.63, 3.8) is 0 Å². The van der Waals surface area contributed by atoms with Crippen LogP contribution >= 0.6 is 0 Å². The monoisotopic (exact) mass is 370 g/mol. The molecule has 5 nitrogen and oxygen atoms in total. The summed E-state index contributed by atoms with van der Waals surface area (Å²) in [5.74, 6) is -1.20. The predicted octanol–water partition coefficient (Wildman–Crippen LogP) is 5.46. The average molecular weight is 371 g/mol. The third-order valence-corrected chi connectivity index (χ3v) is 4.88. The van der Waals surface area contributed by atoms with E-state index in [1.165, 1.54) is 0 Å². The first-order valence-corrected chi connectivity index (χ1v) is 9.89. The summed E-state index contributed by atoms with van der Waals surface area (Å²) in [5, 5.41) is 17.7. The van der Waals surface area contributed by atoms with E-state index in [0.717, 1.165) is 51.4 Å². The Labute approximate surface area is 158 Å². The highest BCUT2D eigenvalue weighted by molar-refractivity contribution is 5.78. The number of hydrogen-bond acceptors (Lipinski definition) is 3. The highest BCUT2D eigenvalue weighted by Gasteiger charge is 2.21. The number of hydrogen-bond donors (Lipinski definition) is 2. The first-order chi connectivity index (χ1) is 11.9. The number of carbonyl (C=O) groups is 3. The van der Waals surface area contributed by atoms with Crippen LogP contribution in [0.3, 0.4) is 0 Å². The van der Waals surface area contributed by atoms with Crippen LogP contribution in [-0.4, -0.2) is 27.9 Å². The minimum atomic E-state index is -0.753. The molecule has 0 rings (SSSR count). The van der Waals surface area contributed by atoms with Crippen LogP contribution in [0.25, 0.3) is 0 Å². The zero-order valence-corrected chi connectivity index (χ0v) is 17.1. The molecule has 0 aliphatic carbocycles. The molecule has 0 aromatic heterocycles. The van der Waals surface area contributed by atoms with Gasteiger partial charge in [-0.25, -0.2) is 0 Å². The van der Waals surface area contributed by atoms with Gasteiger partial charge >= 0.3 is 11.9 Å². The van der Waals surface area contributed by atoms with Crippen molar-refractivity contribution in [3.8, 4) is 0 Å². The third-order valence-electron chi connectivity index (χ3n) is 4.88.